The summed E-state index contributed by atoms with van der Waals surface area (Å²) >= 11 is 0. The first kappa shape index (κ1) is 92.2. The number of rotatable bonds is 39. The van der Waals surface area contributed by atoms with E-state index in [9.17, 15) is 67.1 Å². The first-order chi connectivity index (χ1) is 51.9. The number of ketones is 6. The van der Waals surface area contributed by atoms with Gasteiger partial charge in [0.05, 0.1) is 50.0 Å². The standard InChI is InChI=1S/C43H65N3O8.C42H61N3O8.CO2/c1-10-14-31(39(51)34(47)17-18-36(49)44-38(41(53)45(8)9)30-15-12-11-13-16-30)23-35(48)33-25-43(6,7)27-46(33)40(52)32(24-37(50)54-26-28(2)3)29-19-21-42(4,5)22-20-29;1-7-15-29(40(50)33(46)20-21-35(48)43-38(42(52)44(5)6)28-18-13-10-14-19-28)22-34(47)39-37-30(8-2)32(37)24-45(39)41(51)31(27-16-11-9-12-17-27)23-36(49)53-25-26(3)4;2-1-3/h11-13,15-16,28-29,31-33,38H,10,14,17-27H2,1-9H3,(H,44,49);10,13-14,18-19,26-27,29-32,37-39H,7-9,11-12,15-17,20-25H2,1-6H3,(H,43,48);/t31?,32-,33-,38-;29?,30-,31+,32-,37+,38+,39-;/m01./s1. The van der Waals surface area contributed by atoms with Gasteiger partial charge in [-0.3, -0.25) is 67.1 Å². The van der Waals surface area contributed by atoms with Crippen LogP contribution < -0.4 is 10.6 Å². The normalized spacial score (nSPS) is 20.7. The van der Waals surface area contributed by atoms with E-state index in [4.69, 9.17) is 19.1 Å². The number of amides is 6. The molecular weight excluding hydrogens is 1400 g/mol. The number of carbonyl (C=O) groups excluding carboxylic acids is 16. The fourth-order valence-corrected chi connectivity index (χ4v) is 16.5. The van der Waals surface area contributed by atoms with E-state index >= 15 is 0 Å². The summed E-state index contributed by atoms with van der Waals surface area (Å²) in [6.07, 6.45) is 9.95. The van der Waals surface area contributed by atoms with Gasteiger partial charge < -0.3 is 39.7 Å². The van der Waals surface area contributed by atoms with Crippen LogP contribution in [0.5, 0.6) is 0 Å². The van der Waals surface area contributed by atoms with Gasteiger partial charge in [-0.15, -0.1) is 0 Å². The Morgan fingerprint density at radius 2 is 0.945 bits per heavy atom. The maximum atomic E-state index is 14.5. The minimum atomic E-state index is -0.943. The highest BCUT2D eigenvalue weighted by atomic mass is 16.5. The van der Waals surface area contributed by atoms with E-state index in [1.165, 1.54) is 9.80 Å². The minimum absolute atomic E-state index is 0.00536. The number of likely N-dealkylation sites (N-methyl/N-ethyl adjacent to an activating group) is 2. The van der Waals surface area contributed by atoms with Crippen molar-refractivity contribution >= 4 is 88.2 Å². The Bertz CT molecular complexity index is 3510. The van der Waals surface area contributed by atoms with Gasteiger partial charge in [-0.2, -0.15) is 9.59 Å². The molecule has 2 aromatic rings. The number of nitrogens with zero attached hydrogens (tertiary/aromatic N) is 4. The smallest absolute Gasteiger partial charge is 0.373 e. The van der Waals surface area contributed by atoms with Crippen molar-refractivity contribution < 1.29 is 86.2 Å². The van der Waals surface area contributed by atoms with Gasteiger partial charge >= 0.3 is 18.1 Å². The van der Waals surface area contributed by atoms with Crippen LogP contribution in [-0.4, -0.2) is 174 Å². The van der Waals surface area contributed by atoms with Crippen LogP contribution in [0.25, 0.3) is 0 Å². The Morgan fingerprint density at radius 1 is 0.536 bits per heavy atom. The highest BCUT2D eigenvalue weighted by molar-refractivity contribution is 6.39. The van der Waals surface area contributed by atoms with E-state index in [-0.39, 0.29) is 158 Å². The fourth-order valence-electron chi connectivity index (χ4n) is 16.5. The fraction of sp³-hybridized carbons (Fsp3) is 0.686. The van der Waals surface area contributed by atoms with Crippen molar-refractivity contribution in [3.05, 3.63) is 71.8 Å². The zero-order valence-electron chi connectivity index (χ0n) is 68.2. The van der Waals surface area contributed by atoms with E-state index < -0.39 is 88.8 Å². The van der Waals surface area contributed by atoms with Crippen LogP contribution in [0, 0.1) is 75.9 Å². The molecule has 24 nitrogen and oxygen atoms in total. The van der Waals surface area contributed by atoms with Crippen LogP contribution in [0.15, 0.2) is 60.7 Å². The number of fused-ring (bicyclic) bond motifs is 1. The van der Waals surface area contributed by atoms with Crippen molar-refractivity contribution in [2.75, 3.05) is 54.5 Å². The Balaban J connectivity index is 0.000000380. The molecule has 2 aromatic carbocycles. The second-order valence-electron chi connectivity index (χ2n) is 34.0. The number of esters is 2. The molecule has 110 heavy (non-hydrogen) atoms. The molecule has 2 unspecified atom stereocenters. The number of ether oxygens (including phenoxy) is 2. The SMILES string of the molecule is CCCC(CC(=O)[C@@H]1CC(C)(C)CN1C(=O)[C@@H](CC(=O)OCC(C)C)C1CCC(C)(C)CC1)C(=O)C(=O)CCC(=O)N[C@H](C(=O)N(C)C)c1ccccc1.CCCC(CC(=O)[C@@H]1[C@H]2[C@H](CC)[C@H]2CN1C(=O)[C@@H](CC(=O)OCC(C)C)C1CCCCC1)C(=O)C(=O)CCC(=O)N[C@H](C(=O)N(C)C)c1ccccc1.O=C=O. The van der Waals surface area contributed by atoms with Gasteiger partial charge in [0.25, 0.3) is 0 Å². The van der Waals surface area contributed by atoms with E-state index in [1.54, 1.807) is 98.7 Å². The average Bonchev–Trinajstić information content (AvgIpc) is 1.55. The topological polar surface area (TPSA) is 329 Å². The maximum absolute atomic E-state index is 14.5. The summed E-state index contributed by atoms with van der Waals surface area (Å²) in [5.41, 5.74) is 0.985. The lowest BCUT2D eigenvalue weighted by molar-refractivity contribution is -0.192. The van der Waals surface area contributed by atoms with Crippen LogP contribution in [0.2, 0.25) is 0 Å². The lowest BCUT2D eigenvalue weighted by atomic mass is 9.68. The van der Waals surface area contributed by atoms with Gasteiger partial charge in [0, 0.05) is 91.6 Å². The zero-order valence-corrected chi connectivity index (χ0v) is 68.2. The summed E-state index contributed by atoms with van der Waals surface area (Å²) in [6.45, 7) is 23.5. The Labute approximate surface area is 651 Å². The highest BCUT2D eigenvalue weighted by Crippen LogP contribution is 2.58. The number of hydrogen-bond donors (Lipinski definition) is 2. The van der Waals surface area contributed by atoms with Gasteiger partial charge in [0.15, 0.2) is 23.1 Å². The molecule has 0 bridgehead atoms. The molecule has 3 saturated carbocycles. The average molecular weight is 1530 g/mol. The molecule has 6 amide bonds. The number of nitrogens with one attached hydrogen (secondary N) is 2. The Morgan fingerprint density at radius 3 is 1.35 bits per heavy atom. The second kappa shape index (κ2) is 44.0. The zero-order chi connectivity index (χ0) is 81.9. The van der Waals surface area contributed by atoms with Crippen molar-refractivity contribution in [3.63, 3.8) is 0 Å². The molecule has 24 heteroatoms. The van der Waals surface area contributed by atoms with E-state index in [1.807, 2.05) is 55.4 Å². The van der Waals surface area contributed by atoms with E-state index in [2.05, 4.69) is 31.4 Å². The summed E-state index contributed by atoms with van der Waals surface area (Å²) in [7, 11) is 6.36. The number of piperidine rings is 1. The Kier molecular flexibility index (Phi) is 36.9. The highest BCUT2D eigenvalue weighted by Gasteiger charge is 2.64. The molecule has 2 heterocycles. The summed E-state index contributed by atoms with van der Waals surface area (Å²) in [5, 5.41) is 5.41. The number of benzene rings is 2. The predicted octanol–water partition coefficient (Wildman–Crippen LogP) is 11.2. The van der Waals surface area contributed by atoms with Crippen molar-refractivity contribution in [3.8, 4) is 0 Å². The monoisotopic (exact) mass is 1530 g/mol. The Hall–Kier alpha value is -8.40. The van der Waals surface area contributed by atoms with Crippen molar-refractivity contribution in [1.82, 2.24) is 30.2 Å². The summed E-state index contributed by atoms with van der Waals surface area (Å²) in [5.74, 6) is -8.26. The van der Waals surface area contributed by atoms with Crippen LogP contribution in [0.1, 0.15) is 247 Å². The summed E-state index contributed by atoms with van der Waals surface area (Å²) < 4.78 is 11.0. The molecule has 2 saturated heterocycles. The minimum Gasteiger partial charge on any atom is -0.465 e. The van der Waals surface area contributed by atoms with E-state index in [0.29, 0.717) is 62.2 Å². The first-order valence-corrected chi connectivity index (χ1v) is 40.2. The quantitative estimate of drug-likeness (QED) is 0.0464. The molecule has 608 valence electrons. The van der Waals surface area contributed by atoms with Gasteiger partial charge in [0.1, 0.15) is 12.1 Å². The van der Waals surface area contributed by atoms with Crippen LogP contribution in [-0.2, 0) is 86.2 Å². The predicted molar refractivity (Wildman–Crippen MR) is 412 cm³/mol. The van der Waals surface area contributed by atoms with Crippen molar-refractivity contribution in [2.45, 2.75) is 248 Å². The number of Topliss-reactive ketones (excluding diaryl/α,β-unsaturated/α-hetero) is 6. The van der Waals surface area contributed by atoms with Gasteiger partial charge in [-0.1, -0.05) is 175 Å². The van der Waals surface area contributed by atoms with Gasteiger partial charge in [-0.25, -0.2) is 0 Å². The van der Waals surface area contributed by atoms with Crippen LogP contribution in [0.4, 0.5) is 0 Å². The molecule has 0 aromatic heterocycles. The molecule has 5 fully saturated rings. The van der Waals surface area contributed by atoms with E-state index in [0.717, 1.165) is 64.2 Å². The van der Waals surface area contributed by atoms with Crippen molar-refractivity contribution in [1.29, 1.82) is 0 Å². The molecule has 7 rings (SSSR count). The molecule has 2 aliphatic heterocycles. The third-order valence-electron chi connectivity index (χ3n) is 22.6. The third-order valence-corrected chi connectivity index (χ3v) is 22.6. The number of carbonyl (C=O) groups is 14. The maximum Gasteiger partial charge on any atom is 0.373 e. The summed E-state index contributed by atoms with van der Waals surface area (Å²) in [4.78, 5) is 211. The van der Waals surface area contributed by atoms with Crippen LogP contribution >= 0.6 is 0 Å². The molecule has 11 atom stereocenters. The van der Waals surface area contributed by atoms with Crippen molar-refractivity contribution in [2.24, 2.45) is 75.9 Å². The van der Waals surface area contributed by atoms with Gasteiger partial charge in [-0.05, 0) is 121 Å². The number of hydrogen-bond acceptors (Lipinski definition) is 18. The molecule has 3 aliphatic carbocycles. The van der Waals surface area contributed by atoms with Gasteiger partial charge in [0.2, 0.25) is 47.0 Å². The largest absolute Gasteiger partial charge is 0.465 e. The third kappa shape index (κ3) is 27.5. The molecular formula is C86H126N6O18. The van der Waals surface area contributed by atoms with Crippen LogP contribution in [0.3, 0.4) is 0 Å². The first-order valence-electron chi connectivity index (χ1n) is 40.2. The molecule has 2 N–H and O–H groups in total. The molecule has 0 radical (unpaired) electrons. The lowest BCUT2D eigenvalue weighted by Crippen LogP contribution is -2.49. The second-order valence-corrected chi connectivity index (χ2v) is 34.0. The lowest BCUT2D eigenvalue weighted by Gasteiger charge is -2.39. The molecule has 0 spiro atoms. The number of likely N-dealkylation sites (tertiary alicyclic amines) is 2. The summed E-state index contributed by atoms with van der Waals surface area (Å²) in [6, 6.07) is 14.2. The molecule has 5 aliphatic rings.